The largest absolute Gasteiger partial charge is 0.492 e. The molecular weight excluding hydrogens is 265 g/mol. The van der Waals surface area contributed by atoms with Crippen LogP contribution in [0.25, 0.3) is 0 Å². The van der Waals surface area contributed by atoms with Crippen LogP contribution in [0.1, 0.15) is 17.2 Å². The lowest BCUT2D eigenvalue weighted by molar-refractivity contribution is 0.325. The Labute approximate surface area is 116 Å². The zero-order chi connectivity index (χ0) is 13.2. The topological polar surface area (TPSA) is 21.3 Å². The van der Waals surface area contributed by atoms with Crippen molar-refractivity contribution in [3.8, 4) is 5.75 Å². The molecule has 0 radical (unpaired) electrons. The SMILES string of the molecule is Fc1ccccc1C1NCCOc2ccc(Cl)cc21. The Balaban J connectivity index is 2.12. The quantitative estimate of drug-likeness (QED) is 0.861. The van der Waals surface area contributed by atoms with E-state index in [0.29, 0.717) is 23.7 Å². The van der Waals surface area contributed by atoms with Gasteiger partial charge in [-0.15, -0.1) is 0 Å². The maximum Gasteiger partial charge on any atom is 0.128 e. The number of halogens is 2. The van der Waals surface area contributed by atoms with Crippen molar-refractivity contribution in [1.82, 2.24) is 5.32 Å². The predicted octanol–water partition coefficient (Wildman–Crippen LogP) is 3.55. The second kappa shape index (κ2) is 5.19. The number of ether oxygens (including phenoxy) is 1. The lowest BCUT2D eigenvalue weighted by atomic mass is 9.97. The molecule has 2 nitrogen and oxygen atoms in total. The van der Waals surface area contributed by atoms with Crippen molar-refractivity contribution in [1.29, 1.82) is 0 Å². The fourth-order valence-corrected chi connectivity index (χ4v) is 2.52. The van der Waals surface area contributed by atoms with Crippen LogP contribution in [-0.4, -0.2) is 13.2 Å². The molecule has 1 heterocycles. The summed E-state index contributed by atoms with van der Waals surface area (Å²) in [7, 11) is 0. The van der Waals surface area contributed by atoms with E-state index in [1.54, 1.807) is 18.2 Å². The van der Waals surface area contributed by atoms with E-state index in [9.17, 15) is 4.39 Å². The average Bonchev–Trinajstić information content (AvgIpc) is 2.61. The molecule has 0 aromatic heterocycles. The monoisotopic (exact) mass is 277 g/mol. The summed E-state index contributed by atoms with van der Waals surface area (Å²) < 4.78 is 19.6. The van der Waals surface area contributed by atoms with E-state index in [1.807, 2.05) is 18.2 Å². The van der Waals surface area contributed by atoms with Crippen molar-refractivity contribution in [2.24, 2.45) is 0 Å². The van der Waals surface area contributed by atoms with Gasteiger partial charge in [-0.05, 0) is 24.3 Å². The highest BCUT2D eigenvalue weighted by Gasteiger charge is 2.23. The molecular formula is C15H13ClFNO. The smallest absolute Gasteiger partial charge is 0.128 e. The number of rotatable bonds is 1. The highest BCUT2D eigenvalue weighted by Crippen LogP contribution is 2.34. The van der Waals surface area contributed by atoms with Crippen molar-refractivity contribution < 1.29 is 9.13 Å². The van der Waals surface area contributed by atoms with Crippen LogP contribution in [0.2, 0.25) is 5.02 Å². The van der Waals surface area contributed by atoms with E-state index in [4.69, 9.17) is 16.3 Å². The van der Waals surface area contributed by atoms with Gasteiger partial charge in [0.25, 0.3) is 0 Å². The molecule has 1 atom stereocenters. The van der Waals surface area contributed by atoms with Crippen LogP contribution in [0.4, 0.5) is 4.39 Å². The maximum absolute atomic E-state index is 14.0. The first-order valence-corrected chi connectivity index (χ1v) is 6.53. The highest BCUT2D eigenvalue weighted by molar-refractivity contribution is 6.30. The van der Waals surface area contributed by atoms with Crippen LogP contribution < -0.4 is 10.1 Å². The number of hydrogen-bond donors (Lipinski definition) is 1. The molecule has 4 heteroatoms. The van der Waals surface area contributed by atoms with Crippen LogP contribution in [0.15, 0.2) is 42.5 Å². The van der Waals surface area contributed by atoms with E-state index in [0.717, 1.165) is 11.3 Å². The molecule has 19 heavy (non-hydrogen) atoms. The molecule has 0 spiro atoms. The Morgan fingerprint density at radius 1 is 1.16 bits per heavy atom. The molecule has 1 N–H and O–H groups in total. The minimum atomic E-state index is -0.239. The van der Waals surface area contributed by atoms with Gasteiger partial charge in [0.1, 0.15) is 18.2 Å². The molecule has 0 bridgehead atoms. The minimum Gasteiger partial charge on any atom is -0.492 e. The highest BCUT2D eigenvalue weighted by atomic mass is 35.5. The molecule has 1 unspecified atom stereocenters. The average molecular weight is 278 g/mol. The van der Waals surface area contributed by atoms with Gasteiger partial charge in [-0.2, -0.15) is 0 Å². The van der Waals surface area contributed by atoms with Gasteiger partial charge in [0.15, 0.2) is 0 Å². The summed E-state index contributed by atoms with van der Waals surface area (Å²) in [6, 6.07) is 12.0. The molecule has 0 aliphatic carbocycles. The summed E-state index contributed by atoms with van der Waals surface area (Å²) in [6.45, 7) is 1.21. The normalized spacial score (nSPS) is 18.3. The van der Waals surface area contributed by atoms with E-state index in [2.05, 4.69) is 5.32 Å². The molecule has 0 saturated heterocycles. The molecule has 0 amide bonds. The van der Waals surface area contributed by atoms with Crippen molar-refractivity contribution in [3.63, 3.8) is 0 Å². The summed E-state index contributed by atoms with van der Waals surface area (Å²) >= 11 is 6.05. The van der Waals surface area contributed by atoms with Gasteiger partial charge in [0, 0.05) is 22.7 Å². The van der Waals surface area contributed by atoms with E-state index in [-0.39, 0.29) is 11.9 Å². The Morgan fingerprint density at radius 3 is 2.84 bits per heavy atom. The molecule has 1 aliphatic rings. The molecule has 98 valence electrons. The summed E-state index contributed by atoms with van der Waals surface area (Å²) in [5.74, 6) is 0.524. The summed E-state index contributed by atoms with van der Waals surface area (Å²) in [6.07, 6.45) is 0. The van der Waals surface area contributed by atoms with Crippen molar-refractivity contribution >= 4 is 11.6 Å². The van der Waals surface area contributed by atoms with Gasteiger partial charge in [0.05, 0.1) is 6.04 Å². The fourth-order valence-electron chi connectivity index (χ4n) is 2.34. The zero-order valence-corrected chi connectivity index (χ0v) is 11.0. The number of nitrogens with one attached hydrogen (secondary N) is 1. The minimum absolute atomic E-state index is 0.229. The van der Waals surface area contributed by atoms with Crippen LogP contribution in [0.3, 0.4) is 0 Å². The standard InChI is InChI=1S/C15H13ClFNO/c16-10-5-6-14-12(9-10)15(18-7-8-19-14)11-3-1-2-4-13(11)17/h1-6,9,15,18H,7-8H2. The van der Waals surface area contributed by atoms with E-state index >= 15 is 0 Å². The first kappa shape index (κ1) is 12.5. The van der Waals surface area contributed by atoms with Gasteiger partial charge in [-0.3, -0.25) is 0 Å². The van der Waals surface area contributed by atoms with Gasteiger partial charge in [-0.1, -0.05) is 29.8 Å². The summed E-state index contributed by atoms with van der Waals surface area (Å²) in [5.41, 5.74) is 1.48. The third kappa shape index (κ3) is 2.44. The number of benzene rings is 2. The lowest BCUT2D eigenvalue weighted by Crippen LogP contribution is -2.24. The first-order valence-electron chi connectivity index (χ1n) is 6.16. The van der Waals surface area contributed by atoms with Crippen molar-refractivity contribution in [3.05, 3.63) is 64.4 Å². The maximum atomic E-state index is 14.0. The number of hydrogen-bond acceptors (Lipinski definition) is 2. The molecule has 1 aliphatic heterocycles. The molecule has 2 aromatic carbocycles. The Morgan fingerprint density at radius 2 is 2.00 bits per heavy atom. The number of fused-ring (bicyclic) bond motifs is 1. The molecule has 2 aromatic rings. The second-order valence-electron chi connectivity index (χ2n) is 4.44. The van der Waals surface area contributed by atoms with Crippen LogP contribution in [-0.2, 0) is 0 Å². The predicted molar refractivity (Wildman–Crippen MR) is 73.2 cm³/mol. The van der Waals surface area contributed by atoms with Crippen molar-refractivity contribution in [2.45, 2.75) is 6.04 Å². The fraction of sp³-hybridized carbons (Fsp3) is 0.200. The van der Waals surface area contributed by atoms with Crippen LogP contribution in [0, 0.1) is 5.82 Å². The Hall–Kier alpha value is -1.58. The molecule has 3 rings (SSSR count). The van der Waals surface area contributed by atoms with Crippen LogP contribution in [0.5, 0.6) is 5.75 Å². The molecule has 0 saturated carbocycles. The van der Waals surface area contributed by atoms with Gasteiger partial charge < -0.3 is 10.1 Å². The first-order chi connectivity index (χ1) is 9.25. The Kier molecular flexibility index (Phi) is 3.40. The van der Waals surface area contributed by atoms with Gasteiger partial charge >= 0.3 is 0 Å². The van der Waals surface area contributed by atoms with Crippen LogP contribution >= 0.6 is 11.6 Å². The zero-order valence-electron chi connectivity index (χ0n) is 10.2. The van der Waals surface area contributed by atoms with Crippen molar-refractivity contribution in [2.75, 3.05) is 13.2 Å². The third-order valence-corrected chi connectivity index (χ3v) is 3.44. The third-order valence-electron chi connectivity index (χ3n) is 3.21. The Bertz CT molecular complexity index is 602. The van der Waals surface area contributed by atoms with Gasteiger partial charge in [-0.25, -0.2) is 4.39 Å². The molecule has 0 fully saturated rings. The van der Waals surface area contributed by atoms with Gasteiger partial charge in [0.2, 0.25) is 0 Å². The summed E-state index contributed by atoms with van der Waals surface area (Å²) in [5, 5.41) is 3.92. The van der Waals surface area contributed by atoms with E-state index < -0.39 is 0 Å². The lowest BCUT2D eigenvalue weighted by Gasteiger charge is -2.19. The van der Waals surface area contributed by atoms with E-state index in [1.165, 1.54) is 6.07 Å². The summed E-state index contributed by atoms with van der Waals surface area (Å²) in [4.78, 5) is 0. The second-order valence-corrected chi connectivity index (χ2v) is 4.88.